The number of nitrogens with zero attached hydrogens (tertiary/aromatic N) is 8. The molecule has 0 aliphatic heterocycles. The molecule has 0 bridgehead atoms. The number of aromatic nitrogens is 4. The molecular formula is C36H25ClN8O2S. The van der Waals surface area contributed by atoms with Crippen LogP contribution in [0, 0.1) is 34.0 Å². The number of hydrogen-bond donors (Lipinski definition) is 1. The monoisotopic (exact) mass is 668 g/mol. The van der Waals surface area contributed by atoms with Gasteiger partial charge in [0.1, 0.15) is 15.9 Å². The fraction of sp³-hybridized carbons (Fsp3) is 0.111. The summed E-state index contributed by atoms with van der Waals surface area (Å²) in [5.41, 5.74) is 5.92. The van der Waals surface area contributed by atoms with Crippen LogP contribution in [0.5, 0.6) is 0 Å². The number of rotatable bonds is 11. The fourth-order valence-electron chi connectivity index (χ4n) is 5.39. The molecule has 12 heteroatoms. The molecule has 10 nitrogen and oxygen atoms in total. The highest BCUT2D eigenvalue weighted by Crippen LogP contribution is 2.43. The summed E-state index contributed by atoms with van der Waals surface area (Å²) in [4.78, 5) is 23.4. The molecule has 0 aliphatic carbocycles. The number of hydrogen-bond acceptors (Lipinski definition) is 8. The number of carboxylic acids is 1. The Morgan fingerprint density at radius 3 is 1.71 bits per heavy atom. The Balaban J connectivity index is 1.41. The number of benzene rings is 3. The lowest BCUT2D eigenvalue weighted by atomic mass is 10.0. The van der Waals surface area contributed by atoms with E-state index >= 15 is 0 Å². The minimum Gasteiger partial charge on any atom is -0.477 e. The van der Waals surface area contributed by atoms with Crippen molar-refractivity contribution in [2.24, 2.45) is 0 Å². The number of halogens is 1. The van der Waals surface area contributed by atoms with E-state index in [1.165, 1.54) is 0 Å². The second kappa shape index (κ2) is 14.1. The number of imidazole rings is 2. The largest absolute Gasteiger partial charge is 0.477 e. The van der Waals surface area contributed by atoms with Crippen LogP contribution >= 0.6 is 22.9 Å². The summed E-state index contributed by atoms with van der Waals surface area (Å²) >= 11 is 7.18. The number of anilines is 1. The molecule has 0 atom stereocenters. The highest BCUT2D eigenvalue weighted by atomic mass is 35.5. The standard InChI is InChI=1S/C36H25ClN8O2S/c37-29-11-9-28(10-12-29)33-32(15-40)35(48-34(33)36(46)47)43(20-30-16-41-22-44(30)18-26-5-1-24(13-38)2-6-26)21-31-17-42-23-45(31)19-27-7-3-25(14-39)4-8-27/h1-12,16-17,22-23H,18-21H2,(H,46,47). The van der Waals surface area contributed by atoms with Crippen molar-refractivity contribution in [2.75, 3.05) is 4.90 Å². The van der Waals surface area contributed by atoms with E-state index < -0.39 is 5.97 Å². The van der Waals surface area contributed by atoms with Crippen LogP contribution in [0.2, 0.25) is 5.02 Å². The molecule has 234 valence electrons. The van der Waals surface area contributed by atoms with Crippen molar-refractivity contribution in [3.05, 3.63) is 147 Å². The molecule has 48 heavy (non-hydrogen) atoms. The number of nitriles is 3. The van der Waals surface area contributed by atoms with Crippen LogP contribution in [0.1, 0.15) is 48.9 Å². The molecule has 0 radical (unpaired) electrons. The molecule has 0 unspecified atom stereocenters. The van der Waals surface area contributed by atoms with Crippen LogP contribution in [-0.2, 0) is 26.2 Å². The Morgan fingerprint density at radius 2 is 1.27 bits per heavy atom. The number of aromatic carboxylic acids is 1. The van der Waals surface area contributed by atoms with Gasteiger partial charge in [-0.25, -0.2) is 14.8 Å². The first-order valence-electron chi connectivity index (χ1n) is 14.6. The van der Waals surface area contributed by atoms with E-state index in [1.54, 1.807) is 73.6 Å². The summed E-state index contributed by atoms with van der Waals surface area (Å²) in [5.74, 6) is -1.13. The molecule has 0 amide bonds. The van der Waals surface area contributed by atoms with Crippen molar-refractivity contribution in [2.45, 2.75) is 26.2 Å². The summed E-state index contributed by atoms with van der Waals surface area (Å²) < 4.78 is 3.97. The Bertz CT molecular complexity index is 2110. The third-order valence-electron chi connectivity index (χ3n) is 7.79. The van der Waals surface area contributed by atoms with Crippen molar-refractivity contribution in [3.63, 3.8) is 0 Å². The Labute approximate surface area is 285 Å². The predicted molar refractivity (Wildman–Crippen MR) is 181 cm³/mol. The zero-order chi connectivity index (χ0) is 33.6. The zero-order valence-corrected chi connectivity index (χ0v) is 26.9. The third-order valence-corrected chi connectivity index (χ3v) is 9.28. The van der Waals surface area contributed by atoms with E-state index in [4.69, 9.17) is 11.6 Å². The quantitative estimate of drug-likeness (QED) is 0.154. The maximum Gasteiger partial charge on any atom is 0.346 e. The summed E-state index contributed by atoms with van der Waals surface area (Å²) in [6.07, 6.45) is 6.95. The first-order chi connectivity index (χ1) is 23.4. The van der Waals surface area contributed by atoms with Crippen LogP contribution in [0.25, 0.3) is 11.1 Å². The molecular weight excluding hydrogens is 644 g/mol. The van der Waals surface area contributed by atoms with Gasteiger partial charge in [-0.1, -0.05) is 48.0 Å². The molecule has 0 saturated carbocycles. The fourth-order valence-corrected chi connectivity index (χ4v) is 6.62. The van der Waals surface area contributed by atoms with Crippen LogP contribution in [-0.4, -0.2) is 30.2 Å². The lowest BCUT2D eigenvalue weighted by Gasteiger charge is -2.25. The minimum atomic E-state index is -1.13. The maximum atomic E-state index is 12.6. The van der Waals surface area contributed by atoms with Gasteiger partial charge in [-0.2, -0.15) is 15.8 Å². The van der Waals surface area contributed by atoms with Gasteiger partial charge in [0.2, 0.25) is 0 Å². The predicted octanol–water partition coefficient (Wildman–Crippen LogP) is 7.08. The highest BCUT2D eigenvalue weighted by Gasteiger charge is 2.28. The summed E-state index contributed by atoms with van der Waals surface area (Å²) in [6, 6.07) is 28.0. The molecule has 1 N–H and O–H groups in total. The molecule has 6 aromatic rings. The van der Waals surface area contributed by atoms with E-state index in [0.717, 1.165) is 33.9 Å². The third kappa shape index (κ3) is 6.81. The van der Waals surface area contributed by atoms with E-state index in [2.05, 4.69) is 28.2 Å². The number of thiophene rings is 1. The Kier molecular flexibility index (Phi) is 9.31. The van der Waals surface area contributed by atoms with Crippen LogP contribution in [0.15, 0.2) is 97.8 Å². The minimum absolute atomic E-state index is 0.0473. The van der Waals surface area contributed by atoms with Crippen molar-refractivity contribution in [1.29, 1.82) is 15.8 Å². The topological polar surface area (TPSA) is 148 Å². The summed E-state index contributed by atoms with van der Waals surface area (Å²) in [6.45, 7) is 1.59. The van der Waals surface area contributed by atoms with Crippen molar-refractivity contribution in [1.82, 2.24) is 19.1 Å². The van der Waals surface area contributed by atoms with Crippen molar-refractivity contribution in [3.8, 4) is 29.3 Å². The van der Waals surface area contributed by atoms with Crippen LogP contribution in [0.4, 0.5) is 5.00 Å². The van der Waals surface area contributed by atoms with E-state index in [0.29, 0.717) is 58.5 Å². The number of carboxylic acid groups (broad SMARTS) is 1. The molecule has 6 rings (SSSR count). The van der Waals surface area contributed by atoms with Gasteiger partial charge in [0, 0.05) is 36.1 Å². The average molecular weight is 669 g/mol. The van der Waals surface area contributed by atoms with Crippen LogP contribution in [0.3, 0.4) is 0 Å². The molecule has 0 fully saturated rings. The summed E-state index contributed by atoms with van der Waals surface area (Å²) in [7, 11) is 0. The SMILES string of the molecule is N#Cc1ccc(Cn2cncc2CN(Cc2cncn2Cc2ccc(C#N)cc2)c2sc(C(=O)O)c(-c3ccc(Cl)cc3)c2C#N)cc1. The lowest BCUT2D eigenvalue weighted by Crippen LogP contribution is -2.25. The average Bonchev–Trinajstić information content (AvgIpc) is 3.84. The van der Waals surface area contributed by atoms with Gasteiger partial charge in [-0.15, -0.1) is 11.3 Å². The zero-order valence-electron chi connectivity index (χ0n) is 25.3. The van der Waals surface area contributed by atoms with E-state index in [9.17, 15) is 25.7 Å². The van der Waals surface area contributed by atoms with Gasteiger partial charge < -0.3 is 19.1 Å². The van der Waals surface area contributed by atoms with Gasteiger partial charge in [0.05, 0.1) is 66.0 Å². The van der Waals surface area contributed by atoms with E-state index in [-0.39, 0.29) is 10.4 Å². The maximum absolute atomic E-state index is 12.6. The van der Waals surface area contributed by atoms with Gasteiger partial charge in [0.15, 0.2) is 0 Å². The summed E-state index contributed by atoms with van der Waals surface area (Å²) in [5, 5.41) is 40.2. The second-order valence-electron chi connectivity index (χ2n) is 10.9. The van der Waals surface area contributed by atoms with Crippen molar-refractivity contribution < 1.29 is 9.90 Å². The second-order valence-corrected chi connectivity index (χ2v) is 12.3. The smallest absolute Gasteiger partial charge is 0.346 e. The van der Waals surface area contributed by atoms with Crippen LogP contribution < -0.4 is 4.90 Å². The molecule has 3 aromatic heterocycles. The van der Waals surface area contributed by atoms with Gasteiger partial charge >= 0.3 is 5.97 Å². The Hall–Kier alpha value is -6.19. The van der Waals surface area contributed by atoms with E-state index in [1.807, 2.05) is 38.3 Å². The normalized spacial score (nSPS) is 10.6. The molecule has 3 aromatic carbocycles. The first-order valence-corrected chi connectivity index (χ1v) is 15.8. The van der Waals surface area contributed by atoms with Gasteiger partial charge in [0.25, 0.3) is 0 Å². The van der Waals surface area contributed by atoms with Gasteiger partial charge in [-0.05, 0) is 53.1 Å². The molecule has 0 spiro atoms. The molecule has 0 saturated heterocycles. The molecule has 3 heterocycles. The molecule has 0 aliphatic rings. The Morgan fingerprint density at radius 1 is 0.771 bits per heavy atom. The lowest BCUT2D eigenvalue weighted by molar-refractivity contribution is 0.0703. The highest BCUT2D eigenvalue weighted by molar-refractivity contribution is 7.18. The number of carbonyl (C=O) groups is 1. The van der Waals surface area contributed by atoms with Crippen molar-refractivity contribution >= 4 is 33.9 Å². The first kappa shape index (κ1) is 31.8. The van der Waals surface area contributed by atoms with Gasteiger partial charge in [-0.3, -0.25) is 0 Å².